The van der Waals surface area contributed by atoms with Gasteiger partial charge in [0.25, 0.3) is 0 Å². The van der Waals surface area contributed by atoms with Gasteiger partial charge in [-0.2, -0.15) is 0 Å². The molecule has 1 fully saturated rings. The summed E-state index contributed by atoms with van der Waals surface area (Å²) in [6.45, 7) is 0. The number of benzene rings is 1. The minimum atomic E-state index is -0.202. The van der Waals surface area contributed by atoms with Gasteiger partial charge in [-0.15, -0.1) is 0 Å². The molecule has 0 saturated carbocycles. The molecule has 0 spiro atoms. The van der Waals surface area contributed by atoms with Crippen molar-refractivity contribution in [2.45, 2.75) is 0 Å². The van der Waals surface area contributed by atoms with E-state index < -0.39 is 0 Å². The fraction of sp³-hybridized carbons (Fsp3) is 0. The van der Waals surface area contributed by atoms with Gasteiger partial charge in [-0.3, -0.25) is 0 Å². The van der Waals surface area contributed by atoms with E-state index in [2.05, 4.69) is 30.3 Å². The molecule has 0 N–H and O–H groups in total. The van der Waals surface area contributed by atoms with Gasteiger partial charge in [0.15, 0.2) is 19.5 Å². The summed E-state index contributed by atoms with van der Waals surface area (Å²) in [6, 6.07) is 10.5. The van der Waals surface area contributed by atoms with E-state index in [1.165, 1.54) is 5.56 Å². The zero-order valence-corrected chi connectivity index (χ0v) is 9.11. The van der Waals surface area contributed by atoms with Gasteiger partial charge in [-0.25, -0.2) is 0 Å². The van der Waals surface area contributed by atoms with E-state index in [0.29, 0.717) is 0 Å². The fourth-order valence-electron chi connectivity index (χ4n) is 1.09. The quantitative estimate of drug-likeness (QED) is 0.558. The average molecular weight is 178 g/mol. The highest BCUT2D eigenvalue weighted by atomic mass is 28.4. The number of rotatable bonds is 1. The Labute approximate surface area is 71.0 Å². The monoisotopic (exact) mass is 178 g/mol. The van der Waals surface area contributed by atoms with Crippen LogP contribution in [0.15, 0.2) is 35.2 Å². The third kappa shape index (κ3) is 1.68. The maximum atomic E-state index is 5.32. The first kappa shape index (κ1) is 7.03. The van der Waals surface area contributed by atoms with Crippen molar-refractivity contribution in [3.8, 4) is 0 Å². The zero-order chi connectivity index (χ0) is 7.52. The Morgan fingerprint density at radius 1 is 1.09 bits per heavy atom. The first-order valence-corrected chi connectivity index (χ1v) is 6.34. The van der Waals surface area contributed by atoms with E-state index in [1.54, 1.807) is 4.82 Å². The number of hydrogen-bond donors (Lipinski definition) is 0. The Bertz CT molecular complexity index is 263. The van der Waals surface area contributed by atoms with E-state index in [9.17, 15) is 0 Å². The zero-order valence-electron chi connectivity index (χ0n) is 6.29. The molecule has 0 unspecified atom stereocenters. The molecule has 1 heterocycles. The summed E-state index contributed by atoms with van der Waals surface area (Å²) < 4.78 is 5.32. The Balaban J connectivity index is 2.17. The molecule has 1 nitrogen and oxygen atoms in total. The molecule has 11 heavy (non-hydrogen) atoms. The highest BCUT2D eigenvalue weighted by molar-refractivity contribution is 6.77. The van der Waals surface area contributed by atoms with Crippen molar-refractivity contribution in [1.29, 1.82) is 0 Å². The van der Waals surface area contributed by atoms with E-state index in [4.69, 9.17) is 4.12 Å². The molecule has 2 rings (SSSR count). The van der Waals surface area contributed by atoms with Crippen LogP contribution in [0.5, 0.6) is 0 Å². The van der Waals surface area contributed by atoms with Gasteiger partial charge < -0.3 is 4.12 Å². The highest BCUT2D eigenvalue weighted by Gasteiger charge is 2.09. The minimum Gasteiger partial charge on any atom is -0.459 e. The maximum Gasteiger partial charge on any atom is 0.172 e. The smallest absolute Gasteiger partial charge is 0.172 e. The molecule has 0 amide bonds. The molecule has 0 aromatic heterocycles. The minimum absolute atomic E-state index is 0.202. The second-order valence-corrected chi connectivity index (χ2v) is 7.73. The van der Waals surface area contributed by atoms with Crippen molar-refractivity contribution in [3.63, 3.8) is 0 Å². The summed E-state index contributed by atoms with van der Waals surface area (Å²) in [6.07, 6.45) is 2.31. The Kier molecular flexibility index (Phi) is 2.02. The normalized spacial score (nSPS) is 20.2. The first-order chi connectivity index (χ1) is 5.45. The standard InChI is InChI=1S/C8H10OSi2/c1-2-4-7(5-3-1)6-8-10-9-11-8/h1-6H,10-11H2. The molecule has 0 bridgehead atoms. The molecule has 0 atom stereocenters. The van der Waals surface area contributed by atoms with Crippen LogP contribution in [0, 0.1) is 0 Å². The van der Waals surface area contributed by atoms with Gasteiger partial charge >= 0.3 is 0 Å². The molecule has 1 aromatic rings. The molecule has 1 aliphatic rings. The van der Waals surface area contributed by atoms with Crippen LogP contribution in [0.1, 0.15) is 5.56 Å². The second kappa shape index (κ2) is 3.17. The van der Waals surface area contributed by atoms with Crippen molar-refractivity contribution in [2.75, 3.05) is 0 Å². The molecule has 0 aliphatic carbocycles. The summed E-state index contributed by atoms with van der Waals surface area (Å²) in [7, 11) is -0.404. The van der Waals surface area contributed by atoms with Gasteiger partial charge in [0.2, 0.25) is 0 Å². The van der Waals surface area contributed by atoms with Crippen molar-refractivity contribution in [2.24, 2.45) is 0 Å². The van der Waals surface area contributed by atoms with Crippen LogP contribution in [0.25, 0.3) is 6.08 Å². The Hall–Kier alpha value is -0.646. The largest absolute Gasteiger partial charge is 0.459 e. The van der Waals surface area contributed by atoms with E-state index in [1.807, 2.05) is 6.07 Å². The summed E-state index contributed by atoms with van der Waals surface area (Å²) in [5.74, 6) is 0. The number of hydrogen-bond acceptors (Lipinski definition) is 1. The van der Waals surface area contributed by atoms with E-state index >= 15 is 0 Å². The predicted octanol–water partition coefficient (Wildman–Crippen LogP) is 0.183. The highest BCUT2D eigenvalue weighted by Crippen LogP contribution is 2.09. The van der Waals surface area contributed by atoms with Crippen LogP contribution in [0.2, 0.25) is 0 Å². The molecule has 3 heteroatoms. The fourth-order valence-corrected chi connectivity index (χ4v) is 3.49. The SMILES string of the molecule is C(=C1[SiH2]O[SiH2]1)c1ccccc1. The van der Waals surface area contributed by atoms with Crippen molar-refractivity contribution < 1.29 is 4.12 Å². The van der Waals surface area contributed by atoms with Crippen molar-refractivity contribution >= 4 is 25.6 Å². The molecule has 0 radical (unpaired) electrons. The average Bonchev–Trinajstić information content (AvgIpc) is 1.99. The molecular formula is C8H10OSi2. The lowest BCUT2D eigenvalue weighted by molar-refractivity contribution is 0.630. The lowest BCUT2D eigenvalue weighted by Crippen LogP contribution is -2.24. The predicted molar refractivity (Wildman–Crippen MR) is 52.6 cm³/mol. The van der Waals surface area contributed by atoms with Crippen LogP contribution >= 0.6 is 0 Å². The van der Waals surface area contributed by atoms with Crippen molar-refractivity contribution in [3.05, 3.63) is 40.7 Å². The van der Waals surface area contributed by atoms with E-state index in [-0.39, 0.29) is 19.5 Å². The lowest BCUT2D eigenvalue weighted by Gasteiger charge is -2.16. The van der Waals surface area contributed by atoms with Gasteiger partial charge in [0.05, 0.1) is 0 Å². The first-order valence-electron chi connectivity index (χ1n) is 3.77. The molecule has 1 aromatic carbocycles. The third-order valence-electron chi connectivity index (χ3n) is 1.75. The van der Waals surface area contributed by atoms with E-state index in [0.717, 1.165) is 0 Å². The van der Waals surface area contributed by atoms with Crippen LogP contribution in [0.4, 0.5) is 0 Å². The van der Waals surface area contributed by atoms with Gasteiger partial charge in [0, 0.05) is 0 Å². The molecule has 1 aliphatic heterocycles. The Morgan fingerprint density at radius 2 is 1.82 bits per heavy atom. The summed E-state index contributed by atoms with van der Waals surface area (Å²) in [5, 5.41) is 0. The summed E-state index contributed by atoms with van der Waals surface area (Å²) in [5.41, 5.74) is 1.34. The van der Waals surface area contributed by atoms with Gasteiger partial charge in [-0.05, 0) is 5.56 Å². The molecule has 1 saturated heterocycles. The molecular weight excluding hydrogens is 168 g/mol. The van der Waals surface area contributed by atoms with Crippen LogP contribution in [0.3, 0.4) is 0 Å². The summed E-state index contributed by atoms with van der Waals surface area (Å²) >= 11 is 0. The third-order valence-corrected chi connectivity index (χ3v) is 5.75. The summed E-state index contributed by atoms with van der Waals surface area (Å²) in [4.78, 5) is 1.66. The van der Waals surface area contributed by atoms with Gasteiger partial charge in [0.1, 0.15) is 0 Å². The second-order valence-electron chi connectivity index (χ2n) is 2.71. The van der Waals surface area contributed by atoms with Crippen molar-refractivity contribution in [1.82, 2.24) is 0 Å². The van der Waals surface area contributed by atoms with Crippen LogP contribution < -0.4 is 0 Å². The Morgan fingerprint density at radius 3 is 2.36 bits per heavy atom. The molecule has 56 valence electrons. The van der Waals surface area contributed by atoms with Gasteiger partial charge in [-0.1, -0.05) is 41.2 Å². The lowest BCUT2D eigenvalue weighted by atomic mass is 10.2. The maximum absolute atomic E-state index is 5.32. The van der Waals surface area contributed by atoms with Crippen LogP contribution in [-0.2, 0) is 4.12 Å². The van der Waals surface area contributed by atoms with Crippen LogP contribution in [-0.4, -0.2) is 19.5 Å². The topological polar surface area (TPSA) is 9.23 Å².